The van der Waals surface area contributed by atoms with Crippen LogP contribution < -0.4 is 10.5 Å². The van der Waals surface area contributed by atoms with Crippen LogP contribution in [0.25, 0.3) is 0 Å². The summed E-state index contributed by atoms with van der Waals surface area (Å²) in [6, 6.07) is 0. The summed E-state index contributed by atoms with van der Waals surface area (Å²) >= 11 is 4.58. The molecule has 88 valence electrons. The first-order valence-corrected chi connectivity index (χ1v) is 6.26. The van der Waals surface area contributed by atoms with Gasteiger partial charge in [-0.05, 0) is 0 Å². The Morgan fingerprint density at radius 3 is 2.53 bits per heavy atom. The van der Waals surface area contributed by atoms with Crippen LogP contribution in [0.1, 0.15) is 12.8 Å². The molecule has 0 saturated carbocycles. The molecule has 0 amide bonds. The van der Waals surface area contributed by atoms with Crippen LogP contribution in [-0.4, -0.2) is 38.8 Å². The van der Waals surface area contributed by atoms with Crippen LogP contribution in [0.2, 0.25) is 0 Å². The van der Waals surface area contributed by atoms with Crippen LogP contribution >= 0.6 is 12.2 Å². The highest BCUT2D eigenvalue weighted by molar-refractivity contribution is 7.89. The van der Waals surface area contributed by atoms with Crippen molar-refractivity contribution in [3.63, 3.8) is 0 Å². The van der Waals surface area contributed by atoms with Crippen LogP contribution in [0, 0.1) is 0 Å². The standard InChI is InChI=1S/C7H14N2O4S2/c1-13-7(10)3-5-15(11,12)9-4-2-6(8)14/h9H,2-5H2,1H3,(H2,8,14). The van der Waals surface area contributed by atoms with Gasteiger partial charge in [-0.15, -0.1) is 0 Å². The minimum atomic E-state index is -3.45. The molecule has 0 bridgehead atoms. The van der Waals surface area contributed by atoms with Crippen molar-refractivity contribution in [3.8, 4) is 0 Å². The van der Waals surface area contributed by atoms with Crippen LogP contribution in [-0.2, 0) is 19.6 Å². The van der Waals surface area contributed by atoms with E-state index >= 15 is 0 Å². The Labute approximate surface area is 94.2 Å². The summed E-state index contributed by atoms with van der Waals surface area (Å²) in [5.74, 6) is -0.855. The van der Waals surface area contributed by atoms with Gasteiger partial charge in [-0.2, -0.15) is 0 Å². The van der Waals surface area contributed by atoms with E-state index < -0.39 is 16.0 Å². The minimum absolute atomic E-state index is 0.152. The van der Waals surface area contributed by atoms with Crippen molar-refractivity contribution in [1.29, 1.82) is 0 Å². The summed E-state index contributed by atoms with van der Waals surface area (Å²) in [5, 5.41) is 0. The third-order valence-electron chi connectivity index (χ3n) is 1.50. The van der Waals surface area contributed by atoms with Crippen LogP contribution in [0.5, 0.6) is 0 Å². The number of sulfonamides is 1. The predicted molar refractivity (Wildman–Crippen MR) is 59.8 cm³/mol. The lowest BCUT2D eigenvalue weighted by molar-refractivity contribution is -0.140. The highest BCUT2D eigenvalue weighted by Crippen LogP contribution is 1.92. The molecule has 0 unspecified atom stereocenters. The highest BCUT2D eigenvalue weighted by Gasteiger charge is 2.12. The first kappa shape index (κ1) is 14.3. The van der Waals surface area contributed by atoms with Crippen LogP contribution in [0.4, 0.5) is 0 Å². The molecule has 8 heteroatoms. The maximum Gasteiger partial charge on any atom is 0.306 e. The van der Waals surface area contributed by atoms with E-state index in [1.54, 1.807) is 0 Å². The topological polar surface area (TPSA) is 98.5 Å². The first-order chi connectivity index (χ1) is 6.87. The third kappa shape index (κ3) is 8.28. The summed E-state index contributed by atoms with van der Waals surface area (Å²) in [7, 11) is -2.24. The van der Waals surface area contributed by atoms with Gasteiger partial charge in [0.2, 0.25) is 10.0 Å². The number of esters is 1. The van der Waals surface area contributed by atoms with E-state index in [-0.39, 0.29) is 23.7 Å². The molecule has 0 fully saturated rings. The Bertz CT molecular complexity index is 326. The zero-order valence-corrected chi connectivity index (χ0v) is 9.99. The Kier molecular flexibility index (Phi) is 6.37. The molecule has 0 saturated heterocycles. The highest BCUT2D eigenvalue weighted by atomic mass is 32.2. The van der Waals surface area contributed by atoms with Gasteiger partial charge in [0.05, 0.1) is 24.3 Å². The lowest BCUT2D eigenvalue weighted by Gasteiger charge is -2.04. The number of ether oxygens (including phenoxy) is 1. The Balaban J connectivity index is 3.87. The van der Waals surface area contributed by atoms with Gasteiger partial charge in [0.25, 0.3) is 0 Å². The number of rotatable bonds is 7. The fraction of sp³-hybridized carbons (Fsp3) is 0.714. The Hall–Kier alpha value is -0.730. The van der Waals surface area contributed by atoms with E-state index in [9.17, 15) is 13.2 Å². The molecule has 3 N–H and O–H groups in total. The van der Waals surface area contributed by atoms with Crippen molar-refractivity contribution in [2.24, 2.45) is 5.73 Å². The van der Waals surface area contributed by atoms with Gasteiger partial charge in [-0.1, -0.05) is 12.2 Å². The number of nitrogens with two attached hydrogens (primary N) is 1. The SMILES string of the molecule is COC(=O)CCS(=O)(=O)NCCC(N)=S. The van der Waals surface area contributed by atoms with E-state index in [4.69, 9.17) is 5.73 Å². The summed E-state index contributed by atoms with van der Waals surface area (Å²) in [4.78, 5) is 10.9. The summed E-state index contributed by atoms with van der Waals surface area (Å²) in [6.07, 6.45) is 0.131. The van der Waals surface area contributed by atoms with Crippen molar-refractivity contribution in [2.45, 2.75) is 12.8 Å². The molecule has 0 aromatic rings. The van der Waals surface area contributed by atoms with Crippen LogP contribution in [0.15, 0.2) is 0 Å². The maximum absolute atomic E-state index is 11.2. The Morgan fingerprint density at radius 2 is 2.07 bits per heavy atom. The number of methoxy groups -OCH3 is 1. The van der Waals surface area contributed by atoms with Crippen molar-refractivity contribution in [3.05, 3.63) is 0 Å². The fourth-order valence-corrected chi connectivity index (χ4v) is 1.82. The number of hydrogen-bond acceptors (Lipinski definition) is 5. The maximum atomic E-state index is 11.2. The van der Waals surface area contributed by atoms with Gasteiger partial charge in [0.1, 0.15) is 0 Å². The monoisotopic (exact) mass is 254 g/mol. The zero-order chi connectivity index (χ0) is 11.9. The molecule has 15 heavy (non-hydrogen) atoms. The fourth-order valence-electron chi connectivity index (χ4n) is 0.722. The average Bonchev–Trinajstić information content (AvgIpc) is 2.13. The molecule has 6 nitrogen and oxygen atoms in total. The number of nitrogens with one attached hydrogen (secondary N) is 1. The second-order valence-corrected chi connectivity index (χ2v) is 5.21. The van der Waals surface area contributed by atoms with Crippen molar-refractivity contribution in [2.75, 3.05) is 19.4 Å². The first-order valence-electron chi connectivity index (χ1n) is 4.20. The number of thiocarbonyl (C=S) groups is 1. The van der Waals surface area contributed by atoms with E-state index in [0.717, 1.165) is 0 Å². The molecular formula is C7H14N2O4S2. The van der Waals surface area contributed by atoms with Gasteiger partial charge in [0.15, 0.2) is 0 Å². The van der Waals surface area contributed by atoms with Gasteiger partial charge in [-0.25, -0.2) is 13.1 Å². The summed E-state index contributed by atoms with van der Waals surface area (Å²) < 4.78 is 29.0. The van der Waals surface area contributed by atoms with E-state index in [0.29, 0.717) is 6.42 Å². The summed E-state index contributed by atoms with van der Waals surface area (Å²) in [5.41, 5.74) is 5.19. The molecule has 0 rings (SSSR count). The second kappa shape index (κ2) is 6.70. The summed E-state index contributed by atoms with van der Waals surface area (Å²) in [6.45, 7) is 0.152. The average molecular weight is 254 g/mol. The van der Waals surface area contributed by atoms with Gasteiger partial charge in [0, 0.05) is 13.0 Å². The lowest BCUT2D eigenvalue weighted by Crippen LogP contribution is -2.30. The number of hydrogen-bond donors (Lipinski definition) is 2. The van der Waals surface area contributed by atoms with E-state index in [2.05, 4.69) is 21.7 Å². The lowest BCUT2D eigenvalue weighted by atomic mass is 10.4. The third-order valence-corrected chi connectivity index (χ3v) is 3.09. The predicted octanol–water partition coefficient (Wildman–Crippen LogP) is -0.855. The molecule has 0 aromatic heterocycles. The van der Waals surface area contributed by atoms with E-state index in [1.165, 1.54) is 7.11 Å². The molecule has 0 spiro atoms. The molecule has 0 aromatic carbocycles. The minimum Gasteiger partial charge on any atom is -0.469 e. The largest absolute Gasteiger partial charge is 0.469 e. The Morgan fingerprint density at radius 1 is 1.47 bits per heavy atom. The molecule has 0 radical (unpaired) electrons. The van der Waals surface area contributed by atoms with Crippen molar-refractivity contribution >= 4 is 33.2 Å². The van der Waals surface area contributed by atoms with Crippen LogP contribution in [0.3, 0.4) is 0 Å². The molecule has 0 aliphatic carbocycles. The normalized spacial score (nSPS) is 11.0. The number of carbonyl (C=O) groups is 1. The number of carbonyl (C=O) groups excluding carboxylic acids is 1. The molecular weight excluding hydrogens is 240 g/mol. The molecule has 0 heterocycles. The second-order valence-electron chi connectivity index (χ2n) is 2.76. The van der Waals surface area contributed by atoms with Crippen molar-refractivity contribution in [1.82, 2.24) is 4.72 Å². The quantitative estimate of drug-likeness (QED) is 0.453. The van der Waals surface area contributed by atoms with E-state index in [1.807, 2.05) is 0 Å². The van der Waals surface area contributed by atoms with Crippen molar-refractivity contribution < 1.29 is 17.9 Å². The molecule has 0 atom stereocenters. The van der Waals surface area contributed by atoms with Gasteiger partial charge < -0.3 is 10.5 Å². The molecule has 0 aliphatic rings. The smallest absolute Gasteiger partial charge is 0.306 e. The zero-order valence-electron chi connectivity index (χ0n) is 8.36. The van der Waals surface area contributed by atoms with Gasteiger partial charge in [-0.3, -0.25) is 4.79 Å². The van der Waals surface area contributed by atoms with Gasteiger partial charge >= 0.3 is 5.97 Å². The molecule has 0 aliphatic heterocycles.